The minimum Gasteiger partial charge on any atom is -0.497 e. The van der Waals surface area contributed by atoms with E-state index in [0.717, 1.165) is 28.2 Å². The highest BCUT2D eigenvalue weighted by molar-refractivity contribution is 6.30. The predicted octanol–water partition coefficient (Wildman–Crippen LogP) is 6.91. The number of nitriles is 1. The molecule has 0 saturated heterocycles. The predicted molar refractivity (Wildman–Crippen MR) is 126 cm³/mol. The number of ether oxygens (including phenoxy) is 2. The SMILES string of the molecule is COc1ccc(-c2oc(/N=C/c3ccc(Cl)cc3)c(C#N)c2-c2ccc(OC)cc2)cc1. The van der Waals surface area contributed by atoms with Crippen LogP contribution in [0.1, 0.15) is 11.1 Å². The van der Waals surface area contributed by atoms with E-state index in [2.05, 4.69) is 11.1 Å². The van der Waals surface area contributed by atoms with E-state index in [1.165, 1.54) is 0 Å². The molecule has 0 N–H and O–H groups in total. The van der Waals surface area contributed by atoms with Gasteiger partial charge in [-0.1, -0.05) is 35.9 Å². The van der Waals surface area contributed by atoms with Crippen LogP contribution in [0.15, 0.2) is 82.2 Å². The normalized spacial score (nSPS) is 10.8. The number of rotatable bonds is 6. The summed E-state index contributed by atoms with van der Waals surface area (Å²) in [7, 11) is 3.22. The van der Waals surface area contributed by atoms with Crippen LogP contribution in [-0.4, -0.2) is 20.4 Å². The lowest BCUT2D eigenvalue weighted by Gasteiger charge is -2.06. The molecule has 0 aliphatic rings. The van der Waals surface area contributed by atoms with Gasteiger partial charge in [0.25, 0.3) is 0 Å². The van der Waals surface area contributed by atoms with Crippen LogP contribution in [0.4, 0.5) is 5.88 Å². The summed E-state index contributed by atoms with van der Waals surface area (Å²) in [6, 6.07) is 24.5. The fraction of sp³-hybridized carbons (Fsp3) is 0.0769. The Morgan fingerprint density at radius 2 is 1.41 bits per heavy atom. The molecule has 4 rings (SSSR count). The number of hydrogen-bond acceptors (Lipinski definition) is 5. The number of furan rings is 1. The van der Waals surface area contributed by atoms with Gasteiger partial charge in [0.05, 0.1) is 14.2 Å². The Hall–Kier alpha value is -4.01. The zero-order chi connectivity index (χ0) is 22.5. The highest BCUT2D eigenvalue weighted by Gasteiger charge is 2.23. The first-order valence-corrected chi connectivity index (χ1v) is 10.2. The van der Waals surface area contributed by atoms with Gasteiger partial charge in [0.2, 0.25) is 5.88 Å². The van der Waals surface area contributed by atoms with Gasteiger partial charge in [0.15, 0.2) is 0 Å². The van der Waals surface area contributed by atoms with Crippen molar-refractivity contribution >= 4 is 23.7 Å². The van der Waals surface area contributed by atoms with Crippen LogP contribution in [0.25, 0.3) is 22.5 Å². The van der Waals surface area contributed by atoms with Gasteiger partial charge in [0, 0.05) is 22.4 Å². The number of halogens is 1. The van der Waals surface area contributed by atoms with Crippen LogP contribution in [-0.2, 0) is 0 Å². The third-order valence-electron chi connectivity index (χ3n) is 4.93. The molecule has 0 atom stereocenters. The first-order valence-electron chi connectivity index (χ1n) is 9.78. The van der Waals surface area contributed by atoms with E-state index in [1.54, 1.807) is 32.6 Å². The molecule has 0 amide bonds. The standard InChI is InChI=1S/C26H19ClN2O3/c1-30-21-11-5-18(6-12-21)24-23(15-28)26(29-16-17-3-9-20(27)10-4-17)32-25(24)19-7-13-22(31-2)14-8-19/h3-14,16H,1-2H3/b29-16+. The van der Waals surface area contributed by atoms with Crippen molar-refractivity contribution in [3.05, 3.63) is 88.9 Å². The molecule has 6 heteroatoms. The number of methoxy groups -OCH3 is 2. The third-order valence-corrected chi connectivity index (χ3v) is 5.19. The van der Waals surface area contributed by atoms with Crippen molar-refractivity contribution < 1.29 is 13.9 Å². The molecule has 1 heterocycles. The molecule has 0 spiro atoms. The highest BCUT2D eigenvalue weighted by atomic mass is 35.5. The average Bonchev–Trinajstić information content (AvgIpc) is 3.22. The summed E-state index contributed by atoms with van der Waals surface area (Å²) in [5.41, 5.74) is 3.49. The van der Waals surface area contributed by atoms with Gasteiger partial charge in [-0.2, -0.15) is 5.26 Å². The minimum absolute atomic E-state index is 0.235. The maximum absolute atomic E-state index is 9.99. The summed E-state index contributed by atoms with van der Waals surface area (Å²) >= 11 is 5.96. The maximum Gasteiger partial charge on any atom is 0.238 e. The highest BCUT2D eigenvalue weighted by Crippen LogP contribution is 2.43. The van der Waals surface area contributed by atoms with Crippen LogP contribution in [0.2, 0.25) is 5.02 Å². The molecule has 0 aliphatic carbocycles. The first-order chi connectivity index (χ1) is 15.6. The zero-order valence-electron chi connectivity index (χ0n) is 17.5. The molecule has 3 aromatic carbocycles. The summed E-state index contributed by atoms with van der Waals surface area (Å²) in [5.74, 6) is 2.24. The molecule has 158 valence electrons. The number of aliphatic imine (C=N–C) groups is 1. The molecule has 0 fully saturated rings. The monoisotopic (exact) mass is 442 g/mol. The van der Waals surface area contributed by atoms with Crippen molar-refractivity contribution in [3.8, 4) is 40.0 Å². The van der Waals surface area contributed by atoms with Gasteiger partial charge in [-0.15, -0.1) is 0 Å². The smallest absolute Gasteiger partial charge is 0.238 e. The van der Waals surface area contributed by atoms with Crippen LogP contribution >= 0.6 is 11.6 Å². The van der Waals surface area contributed by atoms with E-state index >= 15 is 0 Å². The maximum atomic E-state index is 9.99. The zero-order valence-corrected chi connectivity index (χ0v) is 18.3. The Balaban J connectivity index is 1.86. The van der Waals surface area contributed by atoms with Crippen molar-refractivity contribution in [3.63, 3.8) is 0 Å². The van der Waals surface area contributed by atoms with Crippen molar-refractivity contribution in [1.82, 2.24) is 0 Å². The first kappa shape index (κ1) is 21.2. The summed E-state index contributed by atoms with van der Waals surface area (Å²) in [6.45, 7) is 0. The summed E-state index contributed by atoms with van der Waals surface area (Å²) in [4.78, 5) is 4.47. The van der Waals surface area contributed by atoms with Gasteiger partial charge in [-0.3, -0.25) is 0 Å². The fourth-order valence-electron chi connectivity index (χ4n) is 3.27. The third kappa shape index (κ3) is 4.36. The molecule has 1 aromatic heterocycles. The quantitative estimate of drug-likeness (QED) is 0.304. The van der Waals surface area contributed by atoms with Gasteiger partial charge in [-0.05, 0) is 59.7 Å². The molecule has 4 aromatic rings. The summed E-state index contributed by atoms with van der Waals surface area (Å²) < 4.78 is 16.7. The summed E-state index contributed by atoms with van der Waals surface area (Å²) in [6.07, 6.45) is 1.64. The second-order valence-electron chi connectivity index (χ2n) is 6.86. The van der Waals surface area contributed by atoms with E-state index < -0.39 is 0 Å². The Bertz CT molecular complexity index is 1280. The Labute approximate surface area is 191 Å². The topological polar surface area (TPSA) is 67.8 Å². The molecule has 5 nitrogen and oxygen atoms in total. The average molecular weight is 443 g/mol. The van der Waals surface area contributed by atoms with Gasteiger partial charge >= 0.3 is 0 Å². The second-order valence-corrected chi connectivity index (χ2v) is 7.30. The summed E-state index contributed by atoms with van der Waals surface area (Å²) in [5, 5.41) is 10.6. The van der Waals surface area contributed by atoms with Crippen LogP contribution in [0.5, 0.6) is 11.5 Å². The van der Waals surface area contributed by atoms with Crippen LogP contribution in [0.3, 0.4) is 0 Å². The van der Waals surface area contributed by atoms with E-state index in [4.69, 9.17) is 25.5 Å². The van der Waals surface area contributed by atoms with Crippen molar-refractivity contribution in [2.45, 2.75) is 0 Å². The largest absolute Gasteiger partial charge is 0.497 e. The van der Waals surface area contributed by atoms with E-state index in [-0.39, 0.29) is 5.88 Å². The molecular weight excluding hydrogens is 424 g/mol. The Morgan fingerprint density at radius 1 is 0.844 bits per heavy atom. The fourth-order valence-corrected chi connectivity index (χ4v) is 3.40. The molecule has 0 bridgehead atoms. The van der Waals surface area contributed by atoms with Crippen molar-refractivity contribution in [1.29, 1.82) is 5.26 Å². The lowest BCUT2D eigenvalue weighted by Crippen LogP contribution is -1.87. The molecule has 0 saturated carbocycles. The van der Waals surface area contributed by atoms with E-state index in [1.807, 2.05) is 60.7 Å². The molecular formula is C26H19ClN2O3. The van der Waals surface area contributed by atoms with Gasteiger partial charge in [-0.25, -0.2) is 4.99 Å². The van der Waals surface area contributed by atoms with Crippen LogP contribution in [0, 0.1) is 11.3 Å². The van der Waals surface area contributed by atoms with Crippen LogP contribution < -0.4 is 9.47 Å². The lowest BCUT2D eigenvalue weighted by atomic mass is 9.98. The Kier molecular flexibility index (Phi) is 6.25. The van der Waals surface area contributed by atoms with E-state index in [0.29, 0.717) is 21.9 Å². The Morgan fingerprint density at radius 3 is 1.94 bits per heavy atom. The molecule has 0 radical (unpaired) electrons. The van der Waals surface area contributed by atoms with Gasteiger partial charge in [0.1, 0.15) is 28.9 Å². The second kappa shape index (κ2) is 9.42. The number of benzene rings is 3. The molecule has 32 heavy (non-hydrogen) atoms. The van der Waals surface area contributed by atoms with Crippen molar-refractivity contribution in [2.75, 3.05) is 14.2 Å². The van der Waals surface area contributed by atoms with E-state index in [9.17, 15) is 5.26 Å². The molecule has 0 aliphatic heterocycles. The molecule has 0 unspecified atom stereocenters. The lowest BCUT2D eigenvalue weighted by molar-refractivity contribution is 0.414. The minimum atomic E-state index is 0.235. The van der Waals surface area contributed by atoms with Crippen molar-refractivity contribution in [2.24, 2.45) is 4.99 Å². The number of hydrogen-bond donors (Lipinski definition) is 0. The number of nitrogens with zero attached hydrogens (tertiary/aromatic N) is 2. The van der Waals surface area contributed by atoms with Gasteiger partial charge < -0.3 is 13.9 Å².